The maximum absolute atomic E-state index is 7.10. The molecule has 0 fully saturated rings. The van der Waals surface area contributed by atoms with Crippen LogP contribution in [0.2, 0.25) is 0 Å². The van der Waals surface area contributed by atoms with Crippen LogP contribution in [0.4, 0.5) is 0 Å². The Hall–Kier alpha value is -3.40. The second-order valence-electron chi connectivity index (χ2n) is 26.0. The van der Waals surface area contributed by atoms with Gasteiger partial charge in [0.05, 0.1) is 12.2 Å². The molecule has 0 aliphatic rings. The molecule has 2 aromatic heterocycles. The first-order valence-electron chi connectivity index (χ1n) is 23.8. The van der Waals surface area contributed by atoms with E-state index in [0.717, 1.165) is 60.6 Å². The van der Waals surface area contributed by atoms with Gasteiger partial charge < -0.3 is 16.8 Å². The third-order valence-corrected chi connectivity index (χ3v) is 15.0. The van der Waals surface area contributed by atoms with Crippen LogP contribution in [0.15, 0.2) is 71.4 Å². The highest BCUT2D eigenvalue weighted by molar-refractivity contribution is 7.32. The SMILES string of the molecule is C[C@H](C[C@@H](C)Op1oc2c(C(C)(C)C)cc(C(C)(C)C)cc2c2cc(C(C)(C)C)cc(C(C)(C)C)c2o1)Op1oc2ccc(C(C)(C)C)cc2c2cc(C(C)(C)C)cc(C(C)(C)C)c2o1. The molecule has 0 saturated heterocycles. The van der Waals surface area contributed by atoms with Gasteiger partial charge in [0.2, 0.25) is 0 Å². The Kier molecular flexibility index (Phi) is 13.6. The van der Waals surface area contributed by atoms with E-state index in [-0.39, 0.29) is 50.1 Å². The van der Waals surface area contributed by atoms with Crippen LogP contribution in [0.25, 0.3) is 43.9 Å². The van der Waals surface area contributed by atoms with Crippen LogP contribution in [0.5, 0.6) is 0 Å². The summed E-state index contributed by atoms with van der Waals surface area (Å²) >= 11 is 0. The Morgan fingerprint density at radius 3 is 0.969 bits per heavy atom. The predicted molar refractivity (Wildman–Crippen MR) is 280 cm³/mol. The van der Waals surface area contributed by atoms with Crippen molar-refractivity contribution in [2.45, 2.75) is 216 Å². The van der Waals surface area contributed by atoms with Gasteiger partial charge in [0.25, 0.3) is 0 Å². The molecule has 356 valence electrons. The molecule has 0 amide bonds. The average Bonchev–Trinajstić information content (AvgIpc) is 3.37. The Labute approximate surface area is 393 Å². The lowest BCUT2D eigenvalue weighted by atomic mass is 9.77. The second kappa shape index (κ2) is 17.3. The fourth-order valence-corrected chi connectivity index (χ4v) is 10.7. The van der Waals surface area contributed by atoms with Gasteiger partial charge in [0.15, 0.2) is 0 Å². The van der Waals surface area contributed by atoms with Gasteiger partial charge in [0, 0.05) is 44.7 Å². The number of hydrogen-bond donors (Lipinski definition) is 0. The van der Waals surface area contributed by atoms with Crippen molar-refractivity contribution in [3.63, 3.8) is 0 Å². The zero-order valence-corrected chi connectivity index (χ0v) is 46.2. The van der Waals surface area contributed by atoms with Crippen molar-refractivity contribution in [1.82, 2.24) is 0 Å². The summed E-state index contributed by atoms with van der Waals surface area (Å²) in [7, 11) is -3.74. The minimum atomic E-state index is -1.89. The molecule has 0 N–H and O–H groups in total. The van der Waals surface area contributed by atoms with Gasteiger partial charge in [0.1, 0.15) is 22.3 Å². The fourth-order valence-electron chi connectivity index (χ4n) is 8.31. The summed E-state index contributed by atoms with van der Waals surface area (Å²) in [6.07, 6.45) is -0.0311. The fraction of sp³-hybridized carbons (Fsp3) is 0.579. The van der Waals surface area contributed by atoms with Crippen LogP contribution in [0, 0.1) is 0 Å². The zero-order valence-electron chi connectivity index (χ0n) is 44.4. The Morgan fingerprint density at radius 1 is 0.369 bits per heavy atom. The molecule has 6 rings (SSSR count). The van der Waals surface area contributed by atoms with E-state index in [2.05, 4.69) is 214 Å². The average molecular weight is 925 g/mol. The number of benzene rings is 4. The molecule has 1 unspecified atom stereocenters. The Balaban J connectivity index is 1.51. The van der Waals surface area contributed by atoms with E-state index in [9.17, 15) is 0 Å². The summed E-state index contributed by atoms with van der Waals surface area (Å²) in [6, 6.07) is 20.5. The Bertz CT molecular complexity index is 2710. The Morgan fingerprint density at radius 2 is 0.662 bits per heavy atom. The molecule has 6 nitrogen and oxygen atoms in total. The molecule has 6 aromatic rings. The van der Waals surface area contributed by atoms with Gasteiger partial charge in [-0.25, -0.2) is 0 Å². The predicted octanol–water partition coefficient (Wildman–Crippen LogP) is 18.7. The van der Waals surface area contributed by atoms with E-state index in [4.69, 9.17) is 25.8 Å². The molecular weight excluding hydrogens is 843 g/mol. The third kappa shape index (κ3) is 11.3. The summed E-state index contributed by atoms with van der Waals surface area (Å²) in [6.45, 7) is 51.7. The molecule has 4 aromatic carbocycles. The van der Waals surface area contributed by atoms with Gasteiger partial charge in [-0.15, -0.1) is 0 Å². The van der Waals surface area contributed by atoms with Crippen LogP contribution in [-0.2, 0) is 37.9 Å². The quantitative estimate of drug-likeness (QED) is 0.166. The number of rotatable bonds is 6. The minimum absolute atomic E-state index is 0.0490. The van der Waals surface area contributed by atoms with Gasteiger partial charge >= 0.3 is 16.5 Å². The summed E-state index contributed by atoms with van der Waals surface area (Å²) in [5, 5.41) is 4.18. The van der Waals surface area contributed by atoms with Crippen molar-refractivity contribution in [3.8, 4) is 0 Å². The van der Waals surface area contributed by atoms with E-state index < -0.39 is 16.5 Å². The maximum atomic E-state index is 7.10. The smallest absolute Gasteiger partial charge is 0.387 e. The van der Waals surface area contributed by atoms with Crippen LogP contribution in [0.1, 0.15) is 205 Å². The summed E-state index contributed by atoms with van der Waals surface area (Å²) in [5.74, 6) is 0. The topological polar surface area (TPSA) is 71.0 Å². The van der Waals surface area contributed by atoms with E-state index in [1.54, 1.807) is 0 Å². The summed E-state index contributed by atoms with van der Waals surface area (Å²) < 4.78 is 41.7. The van der Waals surface area contributed by atoms with Gasteiger partial charge in [-0.2, -0.15) is 0 Å². The second-order valence-corrected chi connectivity index (χ2v) is 28.1. The van der Waals surface area contributed by atoms with E-state index in [1.807, 2.05) is 0 Å². The number of hydrogen-bond acceptors (Lipinski definition) is 6. The van der Waals surface area contributed by atoms with E-state index >= 15 is 0 Å². The van der Waals surface area contributed by atoms with Crippen molar-refractivity contribution < 1.29 is 25.8 Å². The highest BCUT2D eigenvalue weighted by atomic mass is 31.1. The van der Waals surface area contributed by atoms with Crippen molar-refractivity contribution in [2.75, 3.05) is 0 Å². The standard InChI is InChI=1S/C57H82O6P2/c1-34(58-64-60-47-25-24-36(51(3,4)5)27-40(47)41-28-37(52(6,7)8)31-44(48(41)61-64)55(15,16)17)26-35(2)59-65-62-49-42(29-38(53(9,10)11)32-45(49)56(18,19)20)43-30-39(54(12,13)14)33-46(50(43)63-65)57(21,22)23/h24-25,27-35H,26H2,1-23H3/t34-,35-,64?/m1/s1. The molecule has 8 heteroatoms. The maximum Gasteiger partial charge on any atom is 0.387 e. The summed E-state index contributed by atoms with van der Waals surface area (Å²) in [5.41, 5.74) is 10.8. The zero-order chi connectivity index (χ0) is 48.8. The highest BCUT2D eigenvalue weighted by Gasteiger charge is 2.31. The number of fused-ring (bicyclic) bond motifs is 6. The van der Waals surface area contributed by atoms with Crippen molar-refractivity contribution in [3.05, 3.63) is 93.5 Å². The molecule has 0 aliphatic heterocycles. The molecule has 3 atom stereocenters. The van der Waals surface area contributed by atoms with Crippen LogP contribution in [-0.4, -0.2) is 12.2 Å². The molecule has 0 radical (unpaired) electrons. The lowest BCUT2D eigenvalue weighted by molar-refractivity contribution is 0.184. The van der Waals surface area contributed by atoms with Gasteiger partial charge in [-0.1, -0.05) is 170 Å². The minimum Gasteiger partial charge on any atom is -0.399 e. The molecule has 2 heterocycles. The molecule has 0 aliphatic carbocycles. The first-order chi connectivity index (χ1) is 29.4. The van der Waals surface area contributed by atoms with Crippen molar-refractivity contribution in [1.29, 1.82) is 0 Å². The third-order valence-electron chi connectivity index (χ3n) is 12.6. The first-order valence-corrected chi connectivity index (χ1v) is 26.0. The van der Waals surface area contributed by atoms with Crippen molar-refractivity contribution in [2.24, 2.45) is 0 Å². The van der Waals surface area contributed by atoms with Crippen LogP contribution in [0.3, 0.4) is 0 Å². The van der Waals surface area contributed by atoms with E-state index in [1.165, 1.54) is 22.3 Å². The summed E-state index contributed by atoms with van der Waals surface area (Å²) in [4.78, 5) is 0. The first kappa shape index (κ1) is 51.0. The van der Waals surface area contributed by atoms with Gasteiger partial charge in [-0.3, -0.25) is 9.05 Å². The molecule has 0 spiro atoms. The largest absolute Gasteiger partial charge is 0.399 e. The lowest BCUT2D eigenvalue weighted by Crippen LogP contribution is -2.21. The normalized spacial score (nSPS) is 15.0. The van der Waals surface area contributed by atoms with Gasteiger partial charge in [-0.05, 0) is 104 Å². The monoisotopic (exact) mass is 925 g/mol. The highest BCUT2D eigenvalue weighted by Crippen LogP contribution is 2.47. The van der Waals surface area contributed by atoms with Crippen molar-refractivity contribution >= 4 is 60.4 Å². The molecule has 0 saturated carbocycles. The molecule has 0 bridgehead atoms. The van der Waals surface area contributed by atoms with Crippen LogP contribution < -0.4 is 9.05 Å². The lowest BCUT2D eigenvalue weighted by Gasteiger charge is -2.27. The molecule has 65 heavy (non-hydrogen) atoms. The van der Waals surface area contributed by atoms with E-state index in [0.29, 0.717) is 6.42 Å². The molecular formula is C57H82O6P2. The van der Waals surface area contributed by atoms with Crippen LogP contribution >= 0.6 is 16.5 Å².